The lowest BCUT2D eigenvalue weighted by atomic mass is 9.52. The van der Waals surface area contributed by atoms with Gasteiger partial charge in [0.15, 0.2) is 5.06 Å². The summed E-state index contributed by atoms with van der Waals surface area (Å²) in [6.07, 6.45) is 2.77. The van der Waals surface area contributed by atoms with Gasteiger partial charge in [0.05, 0.1) is 13.2 Å². The summed E-state index contributed by atoms with van der Waals surface area (Å²) in [4.78, 5) is 18.7. The topological polar surface area (TPSA) is 38.8 Å². The first-order chi connectivity index (χ1) is 10.0. The van der Waals surface area contributed by atoms with Crippen LogP contribution in [0.1, 0.15) is 30.9 Å². The van der Waals surface area contributed by atoms with Crippen LogP contribution >= 0.6 is 11.6 Å². The summed E-state index contributed by atoms with van der Waals surface area (Å²) in [5, 5.41) is 0.772. The van der Waals surface area contributed by atoms with Crippen molar-refractivity contribution in [2.45, 2.75) is 30.4 Å². The second-order valence-electron chi connectivity index (χ2n) is 6.47. The maximum Gasteiger partial charge on any atom is 0.318 e. The summed E-state index contributed by atoms with van der Waals surface area (Å²) >= 11 is 6.86. The molecule has 3 atom stereocenters. The molecule has 1 spiro atoms. The van der Waals surface area contributed by atoms with Gasteiger partial charge in [-0.15, -0.1) is 0 Å². The van der Waals surface area contributed by atoms with Gasteiger partial charge in [0.25, 0.3) is 0 Å². The molecule has 0 N–H and O–H groups in total. The maximum atomic E-state index is 12.6. The molecule has 2 saturated carbocycles. The van der Waals surface area contributed by atoms with Gasteiger partial charge < -0.3 is 4.74 Å². The molecule has 4 rings (SSSR count). The van der Waals surface area contributed by atoms with Crippen LogP contribution in [-0.4, -0.2) is 30.3 Å². The van der Waals surface area contributed by atoms with Crippen LogP contribution in [0.5, 0.6) is 0 Å². The summed E-state index contributed by atoms with van der Waals surface area (Å²) in [5.41, 5.74) is 0.152. The van der Waals surface area contributed by atoms with Crippen LogP contribution in [0.15, 0.2) is 30.3 Å². The number of carbonyl (C=O) groups is 1. The van der Waals surface area contributed by atoms with Gasteiger partial charge in [-0.2, -0.15) is 5.06 Å². The van der Waals surface area contributed by atoms with Crippen molar-refractivity contribution in [1.29, 1.82) is 0 Å². The number of esters is 1. The lowest BCUT2D eigenvalue weighted by Crippen LogP contribution is -2.65. The van der Waals surface area contributed by atoms with Crippen molar-refractivity contribution in [2.75, 3.05) is 14.2 Å². The molecular formula is C16H18ClNO3. The molecule has 2 aliphatic carbocycles. The van der Waals surface area contributed by atoms with Crippen molar-refractivity contribution in [2.24, 2.45) is 10.8 Å². The number of benzene rings is 1. The molecule has 5 heteroatoms. The minimum absolute atomic E-state index is 0.0550. The normalized spacial score (nSPS) is 39.7. The molecule has 1 aliphatic heterocycles. The SMILES string of the molecule is COC(=O)[C@@]12CC3(CC3)[C@]1(Cl)ON(C)[C@@H]2c1ccccc1. The zero-order valence-corrected chi connectivity index (χ0v) is 12.9. The fourth-order valence-electron chi connectivity index (χ4n) is 4.42. The molecule has 1 aromatic rings. The third-order valence-corrected chi connectivity index (χ3v) is 6.30. The number of hydrogen-bond acceptors (Lipinski definition) is 4. The standard InChI is InChI=1S/C16H18ClNO3/c1-18-12(11-6-4-3-5-7-11)15(13(19)20-2)10-14(8-9-14)16(15,17)21-18/h3-7,12H,8-10H2,1-2H3/t12-,15+,16+/m1/s1. The quantitative estimate of drug-likeness (QED) is 0.622. The van der Waals surface area contributed by atoms with E-state index in [9.17, 15) is 4.79 Å². The van der Waals surface area contributed by atoms with Gasteiger partial charge in [-0.3, -0.25) is 9.63 Å². The molecule has 1 aromatic carbocycles. The molecule has 1 heterocycles. The zero-order chi connectivity index (χ0) is 14.9. The van der Waals surface area contributed by atoms with Crippen LogP contribution in [-0.2, 0) is 14.4 Å². The third kappa shape index (κ3) is 1.36. The fourth-order valence-corrected chi connectivity index (χ4v) is 5.03. The molecule has 0 radical (unpaired) electrons. The number of methoxy groups -OCH3 is 1. The molecule has 0 unspecified atom stereocenters. The van der Waals surface area contributed by atoms with Crippen molar-refractivity contribution in [1.82, 2.24) is 5.06 Å². The van der Waals surface area contributed by atoms with E-state index in [0.717, 1.165) is 24.8 Å². The molecule has 4 nitrogen and oxygen atoms in total. The summed E-state index contributed by atoms with van der Waals surface area (Å²) in [7, 11) is 3.27. The van der Waals surface area contributed by atoms with Crippen molar-refractivity contribution >= 4 is 17.6 Å². The highest BCUT2D eigenvalue weighted by atomic mass is 35.5. The van der Waals surface area contributed by atoms with Gasteiger partial charge in [0.1, 0.15) is 5.41 Å². The first kappa shape index (κ1) is 13.6. The monoisotopic (exact) mass is 307 g/mol. The molecule has 0 amide bonds. The average molecular weight is 308 g/mol. The number of hydroxylamine groups is 2. The average Bonchev–Trinajstić information content (AvgIpc) is 3.26. The highest BCUT2D eigenvalue weighted by Gasteiger charge is 2.88. The third-order valence-electron chi connectivity index (χ3n) is 5.49. The molecular weight excluding hydrogens is 290 g/mol. The molecule has 21 heavy (non-hydrogen) atoms. The Labute approximate surface area is 128 Å². The van der Waals surface area contributed by atoms with Crippen LogP contribution in [0.25, 0.3) is 0 Å². The summed E-state index contributed by atoms with van der Waals surface area (Å²) in [6.45, 7) is 0. The van der Waals surface area contributed by atoms with E-state index < -0.39 is 10.5 Å². The van der Waals surface area contributed by atoms with Crippen LogP contribution < -0.4 is 0 Å². The summed E-state index contributed by atoms with van der Waals surface area (Å²) < 4.78 is 5.12. The summed E-state index contributed by atoms with van der Waals surface area (Å²) in [5.74, 6) is -0.270. The highest BCUT2D eigenvalue weighted by Crippen LogP contribution is 2.83. The maximum absolute atomic E-state index is 12.6. The Morgan fingerprint density at radius 3 is 2.62 bits per heavy atom. The van der Waals surface area contributed by atoms with E-state index in [1.807, 2.05) is 37.4 Å². The lowest BCUT2D eigenvalue weighted by molar-refractivity contribution is -0.225. The molecule has 112 valence electrons. The van der Waals surface area contributed by atoms with E-state index in [1.165, 1.54) is 7.11 Å². The van der Waals surface area contributed by atoms with E-state index in [2.05, 4.69) is 0 Å². The van der Waals surface area contributed by atoms with E-state index in [0.29, 0.717) is 0 Å². The number of fused-ring (bicyclic) bond motifs is 2. The fraction of sp³-hybridized carbons (Fsp3) is 0.562. The molecule has 0 aromatic heterocycles. The lowest BCUT2D eigenvalue weighted by Gasteiger charge is -2.55. The zero-order valence-electron chi connectivity index (χ0n) is 12.1. The summed E-state index contributed by atoms with van der Waals surface area (Å²) in [6, 6.07) is 9.70. The van der Waals surface area contributed by atoms with Crippen molar-refractivity contribution in [3.05, 3.63) is 35.9 Å². The van der Waals surface area contributed by atoms with Gasteiger partial charge in [-0.1, -0.05) is 41.9 Å². The molecule has 1 saturated heterocycles. The Bertz CT molecular complexity index is 603. The molecule has 0 bridgehead atoms. The van der Waals surface area contributed by atoms with E-state index in [4.69, 9.17) is 21.2 Å². The first-order valence-corrected chi connectivity index (χ1v) is 7.63. The smallest absolute Gasteiger partial charge is 0.318 e. The minimum atomic E-state index is -0.970. The van der Waals surface area contributed by atoms with Gasteiger partial charge in [-0.05, 0) is 24.8 Å². The van der Waals surface area contributed by atoms with Crippen LogP contribution in [0.4, 0.5) is 0 Å². The number of ether oxygens (including phenoxy) is 1. The number of halogens is 1. The number of alkyl halides is 1. The number of carbonyl (C=O) groups excluding carboxylic acids is 1. The van der Waals surface area contributed by atoms with Gasteiger partial charge in [0.2, 0.25) is 0 Å². The van der Waals surface area contributed by atoms with Gasteiger partial charge in [0, 0.05) is 12.5 Å². The first-order valence-electron chi connectivity index (χ1n) is 7.25. The second-order valence-corrected chi connectivity index (χ2v) is 7.00. The van der Waals surface area contributed by atoms with Crippen molar-refractivity contribution < 1.29 is 14.4 Å². The van der Waals surface area contributed by atoms with E-state index in [1.54, 1.807) is 5.06 Å². The van der Waals surface area contributed by atoms with Crippen LogP contribution in [0, 0.1) is 10.8 Å². The van der Waals surface area contributed by atoms with Gasteiger partial charge in [-0.25, -0.2) is 0 Å². The Kier molecular flexibility index (Phi) is 2.58. The van der Waals surface area contributed by atoms with E-state index in [-0.39, 0.29) is 17.4 Å². The predicted octanol–water partition coefficient (Wildman–Crippen LogP) is 2.88. The minimum Gasteiger partial charge on any atom is -0.468 e. The van der Waals surface area contributed by atoms with Crippen molar-refractivity contribution in [3.8, 4) is 0 Å². The van der Waals surface area contributed by atoms with Crippen LogP contribution in [0.2, 0.25) is 0 Å². The predicted molar refractivity (Wildman–Crippen MR) is 77.3 cm³/mol. The number of rotatable bonds is 2. The van der Waals surface area contributed by atoms with E-state index >= 15 is 0 Å². The largest absolute Gasteiger partial charge is 0.468 e. The second kappa shape index (κ2) is 4.00. The Morgan fingerprint density at radius 1 is 1.38 bits per heavy atom. The Hall–Kier alpha value is -1.10. The van der Waals surface area contributed by atoms with Crippen LogP contribution in [0.3, 0.4) is 0 Å². The Morgan fingerprint density at radius 2 is 2.05 bits per heavy atom. The van der Waals surface area contributed by atoms with Crippen molar-refractivity contribution in [3.63, 3.8) is 0 Å². The van der Waals surface area contributed by atoms with Gasteiger partial charge >= 0.3 is 5.97 Å². The molecule has 3 aliphatic rings. The molecule has 3 fully saturated rings. The Balaban J connectivity index is 1.85. The highest BCUT2D eigenvalue weighted by molar-refractivity contribution is 6.27. The number of hydrogen-bond donors (Lipinski definition) is 0. The number of nitrogens with zero attached hydrogens (tertiary/aromatic N) is 1.